The lowest BCUT2D eigenvalue weighted by Gasteiger charge is -2.10. The van der Waals surface area contributed by atoms with Crippen molar-refractivity contribution in [2.45, 2.75) is 26.1 Å². The molecule has 5 heteroatoms. The van der Waals surface area contributed by atoms with Crippen molar-refractivity contribution < 1.29 is 14.3 Å². The molecule has 74 valence electrons. The van der Waals surface area contributed by atoms with E-state index in [1.807, 2.05) is 0 Å². The van der Waals surface area contributed by atoms with Gasteiger partial charge in [-0.05, 0) is 38.3 Å². The first-order chi connectivity index (χ1) is 6.16. The summed E-state index contributed by atoms with van der Waals surface area (Å²) < 4.78 is 11.3. The third kappa shape index (κ3) is 2.79. The maximum absolute atomic E-state index is 11.0. The number of hydrogen-bond acceptors (Lipinski definition) is 3. The highest BCUT2D eigenvalue weighted by molar-refractivity contribution is 9.14. The molecule has 0 aromatic heterocycles. The first-order valence-electron chi connectivity index (χ1n) is 4.04. The molecule has 0 bridgehead atoms. The Labute approximate surface area is 93.7 Å². The Morgan fingerprint density at radius 3 is 2.69 bits per heavy atom. The van der Waals surface area contributed by atoms with E-state index in [0.29, 0.717) is 15.6 Å². The third-order valence-corrected chi connectivity index (χ3v) is 3.63. The van der Waals surface area contributed by atoms with Crippen molar-refractivity contribution in [2.75, 3.05) is 6.61 Å². The fourth-order valence-corrected chi connectivity index (χ4v) is 1.51. The molecule has 0 aliphatic carbocycles. The smallest absolute Gasteiger partial charge is 0.348 e. The second kappa shape index (κ2) is 5.12. The number of cyclic esters (lactones) is 1. The maximum atomic E-state index is 11.0. The molecule has 0 N–H and O–H groups in total. The van der Waals surface area contributed by atoms with Gasteiger partial charge in [0.1, 0.15) is 4.48 Å². The second-order valence-electron chi connectivity index (χ2n) is 2.62. The van der Waals surface area contributed by atoms with Crippen molar-refractivity contribution in [3.63, 3.8) is 0 Å². The molecule has 0 aromatic rings. The summed E-state index contributed by atoms with van der Waals surface area (Å²) in [5.74, 6) is -0.381. The molecule has 0 amide bonds. The van der Waals surface area contributed by atoms with Crippen LogP contribution in [0.3, 0.4) is 0 Å². The quantitative estimate of drug-likeness (QED) is 0.591. The first-order valence-corrected chi connectivity index (χ1v) is 5.63. The maximum Gasteiger partial charge on any atom is 0.348 e. The summed E-state index contributed by atoms with van der Waals surface area (Å²) in [6, 6.07) is 0. The molecule has 1 atom stereocenters. The number of halogens is 2. The molecule has 0 saturated carbocycles. The summed E-state index contributed by atoms with van der Waals surface area (Å²) in [6.07, 6.45) is 1.46. The fourth-order valence-electron chi connectivity index (χ4n) is 0.844. The van der Waals surface area contributed by atoms with Crippen LogP contribution in [0.1, 0.15) is 19.8 Å². The molecule has 1 rings (SSSR count). The lowest BCUT2D eigenvalue weighted by atomic mass is 10.4. The van der Waals surface area contributed by atoms with Crippen molar-refractivity contribution in [3.05, 3.63) is 8.96 Å². The summed E-state index contributed by atoms with van der Waals surface area (Å²) in [5, 5.41) is 0. The number of esters is 1. The van der Waals surface area contributed by atoms with Crippen LogP contribution < -0.4 is 0 Å². The van der Waals surface area contributed by atoms with E-state index in [1.165, 1.54) is 0 Å². The highest BCUT2D eigenvalue weighted by Crippen LogP contribution is 2.31. The van der Waals surface area contributed by atoms with E-state index in [2.05, 4.69) is 38.8 Å². The lowest BCUT2D eigenvalue weighted by molar-refractivity contribution is -0.158. The topological polar surface area (TPSA) is 35.5 Å². The molecule has 0 fully saturated rings. The number of carbonyl (C=O) groups is 1. The van der Waals surface area contributed by atoms with Crippen molar-refractivity contribution in [1.82, 2.24) is 0 Å². The number of unbranched alkanes of at least 4 members (excludes halogenated alkanes) is 1. The van der Waals surface area contributed by atoms with E-state index in [9.17, 15) is 4.79 Å². The van der Waals surface area contributed by atoms with Crippen molar-refractivity contribution in [2.24, 2.45) is 0 Å². The van der Waals surface area contributed by atoms with Gasteiger partial charge in [0, 0.05) is 0 Å². The molecule has 1 unspecified atom stereocenters. The Kier molecular flexibility index (Phi) is 4.41. The van der Waals surface area contributed by atoms with Gasteiger partial charge in [-0.2, -0.15) is 0 Å². The Morgan fingerprint density at radius 2 is 2.23 bits per heavy atom. The Bertz CT molecular complexity index is 238. The van der Waals surface area contributed by atoms with Crippen molar-refractivity contribution in [3.8, 4) is 0 Å². The predicted molar refractivity (Wildman–Crippen MR) is 55.6 cm³/mol. The molecular weight excluding hydrogens is 304 g/mol. The first kappa shape index (κ1) is 11.2. The van der Waals surface area contributed by atoms with Crippen molar-refractivity contribution >= 4 is 37.8 Å². The van der Waals surface area contributed by atoms with Gasteiger partial charge in [0.2, 0.25) is 6.29 Å². The van der Waals surface area contributed by atoms with Gasteiger partial charge in [0.25, 0.3) is 0 Å². The van der Waals surface area contributed by atoms with E-state index in [-0.39, 0.29) is 5.97 Å². The number of ether oxygens (including phenoxy) is 2. The van der Waals surface area contributed by atoms with Gasteiger partial charge in [-0.15, -0.1) is 0 Å². The van der Waals surface area contributed by atoms with Gasteiger partial charge < -0.3 is 9.47 Å². The molecule has 1 heterocycles. The average Bonchev–Trinajstić information content (AvgIpc) is 2.34. The van der Waals surface area contributed by atoms with Crippen LogP contribution in [0, 0.1) is 0 Å². The van der Waals surface area contributed by atoms with E-state index < -0.39 is 6.29 Å². The second-order valence-corrected chi connectivity index (χ2v) is 4.27. The summed E-state index contributed by atoms with van der Waals surface area (Å²) in [7, 11) is 0. The molecule has 1 aliphatic rings. The van der Waals surface area contributed by atoms with Gasteiger partial charge in [0.15, 0.2) is 0 Å². The zero-order chi connectivity index (χ0) is 9.84. The average molecular weight is 314 g/mol. The molecule has 0 saturated heterocycles. The van der Waals surface area contributed by atoms with Crippen LogP contribution >= 0.6 is 31.9 Å². The predicted octanol–water partition coefficient (Wildman–Crippen LogP) is 2.69. The minimum absolute atomic E-state index is 0.381. The molecule has 0 radical (unpaired) electrons. The van der Waals surface area contributed by atoms with Crippen LogP contribution in [0.15, 0.2) is 8.96 Å². The van der Waals surface area contributed by atoms with E-state index >= 15 is 0 Å². The minimum Gasteiger partial charge on any atom is -0.427 e. The Hall–Kier alpha value is 0.130. The molecule has 1 aliphatic heterocycles. The van der Waals surface area contributed by atoms with Gasteiger partial charge in [-0.25, -0.2) is 4.79 Å². The summed E-state index contributed by atoms with van der Waals surface area (Å²) >= 11 is 6.32. The normalized spacial score (nSPS) is 22.4. The van der Waals surface area contributed by atoms with Gasteiger partial charge in [-0.1, -0.05) is 13.3 Å². The van der Waals surface area contributed by atoms with Crippen molar-refractivity contribution in [1.29, 1.82) is 0 Å². The molecular formula is C8H10Br2O3. The number of rotatable bonds is 4. The number of carbonyl (C=O) groups excluding carboxylic acids is 1. The SMILES string of the molecule is CCCCOC1OC(=O)C(Br)=C1Br. The zero-order valence-corrected chi connectivity index (χ0v) is 10.4. The lowest BCUT2D eigenvalue weighted by Crippen LogP contribution is -2.14. The van der Waals surface area contributed by atoms with Crippen LogP contribution in [0.25, 0.3) is 0 Å². The fraction of sp³-hybridized carbons (Fsp3) is 0.625. The van der Waals surface area contributed by atoms with E-state index in [0.717, 1.165) is 12.8 Å². The van der Waals surface area contributed by atoms with Gasteiger partial charge in [-0.3, -0.25) is 0 Å². The molecule has 0 spiro atoms. The van der Waals surface area contributed by atoms with Gasteiger partial charge in [0.05, 0.1) is 11.1 Å². The standard InChI is InChI=1S/C8H10Br2O3/c1-2-3-4-12-8-6(10)5(9)7(11)13-8/h8H,2-4H2,1H3. The highest BCUT2D eigenvalue weighted by atomic mass is 79.9. The summed E-state index contributed by atoms with van der Waals surface area (Å²) in [6.45, 7) is 2.68. The monoisotopic (exact) mass is 312 g/mol. The minimum atomic E-state index is -0.562. The molecule has 13 heavy (non-hydrogen) atoms. The highest BCUT2D eigenvalue weighted by Gasteiger charge is 2.31. The largest absolute Gasteiger partial charge is 0.427 e. The zero-order valence-electron chi connectivity index (χ0n) is 7.18. The van der Waals surface area contributed by atoms with Crippen LogP contribution in [-0.4, -0.2) is 18.9 Å². The van der Waals surface area contributed by atoms with E-state index in [1.54, 1.807) is 0 Å². The Balaban J connectivity index is 2.42. The van der Waals surface area contributed by atoms with Crippen LogP contribution in [0.5, 0.6) is 0 Å². The van der Waals surface area contributed by atoms with Crippen LogP contribution in [-0.2, 0) is 14.3 Å². The summed E-state index contributed by atoms with van der Waals surface area (Å²) in [4.78, 5) is 11.0. The van der Waals surface area contributed by atoms with Crippen LogP contribution in [0.4, 0.5) is 0 Å². The summed E-state index contributed by atoms with van der Waals surface area (Å²) in [5.41, 5.74) is 0. The van der Waals surface area contributed by atoms with Gasteiger partial charge >= 0.3 is 5.97 Å². The third-order valence-electron chi connectivity index (χ3n) is 1.58. The molecule has 3 nitrogen and oxygen atoms in total. The number of hydrogen-bond donors (Lipinski definition) is 0. The van der Waals surface area contributed by atoms with Crippen LogP contribution in [0.2, 0.25) is 0 Å². The van der Waals surface area contributed by atoms with E-state index in [4.69, 9.17) is 9.47 Å². The Morgan fingerprint density at radius 1 is 1.54 bits per heavy atom. The molecule has 0 aromatic carbocycles.